The summed E-state index contributed by atoms with van der Waals surface area (Å²) in [6.07, 6.45) is 9.56. The molecule has 4 aliphatic carbocycles. The molecule has 0 saturated heterocycles. The monoisotopic (exact) mass is 410 g/mol. The van der Waals surface area contributed by atoms with Gasteiger partial charge in [-0.25, -0.2) is 8.78 Å². The first-order chi connectivity index (χ1) is 13.6. The van der Waals surface area contributed by atoms with Crippen LogP contribution < -0.4 is 0 Å². The predicted octanol–water partition coefficient (Wildman–Crippen LogP) is 6.87. The zero-order valence-electron chi connectivity index (χ0n) is 18.8. The average Bonchev–Trinajstić information content (AvgIpc) is 3.03. The Morgan fingerprint density at radius 3 is 2.45 bits per heavy atom. The maximum absolute atomic E-state index is 14.1. The molecule has 4 saturated carbocycles. The minimum absolute atomic E-state index is 0.0956. The second-order valence-electron chi connectivity index (χ2n) is 11.5. The van der Waals surface area contributed by atoms with Gasteiger partial charge in [0.1, 0.15) is 0 Å². The van der Waals surface area contributed by atoms with E-state index in [0.29, 0.717) is 36.0 Å². The number of esters is 1. The van der Waals surface area contributed by atoms with Crippen LogP contribution in [0.4, 0.5) is 8.78 Å². The van der Waals surface area contributed by atoms with Crippen LogP contribution in [0.5, 0.6) is 0 Å². The molecule has 4 aliphatic rings. The number of ether oxygens (including phenoxy) is 1. The van der Waals surface area contributed by atoms with Gasteiger partial charge in [-0.05, 0) is 97.7 Å². The fraction of sp³-hybridized carbons (Fsp3) is 0.960. The molecule has 29 heavy (non-hydrogen) atoms. The summed E-state index contributed by atoms with van der Waals surface area (Å²) in [5.41, 5.74) is 0.485. The molecule has 0 aliphatic heterocycles. The summed E-state index contributed by atoms with van der Waals surface area (Å²) < 4.78 is 33.1. The number of carbonyl (C=O) groups is 1. The van der Waals surface area contributed by atoms with Gasteiger partial charge in [0.15, 0.2) is 0 Å². The van der Waals surface area contributed by atoms with Gasteiger partial charge >= 0.3 is 5.97 Å². The van der Waals surface area contributed by atoms with Gasteiger partial charge in [-0.15, -0.1) is 0 Å². The third-order valence-electron chi connectivity index (χ3n) is 10.4. The molecule has 0 aromatic rings. The van der Waals surface area contributed by atoms with E-state index in [-0.39, 0.29) is 30.1 Å². The molecule has 0 N–H and O–H groups in total. The van der Waals surface area contributed by atoms with Gasteiger partial charge < -0.3 is 4.74 Å². The zero-order valence-corrected chi connectivity index (χ0v) is 18.8. The number of methoxy groups -OCH3 is 1. The summed E-state index contributed by atoms with van der Waals surface area (Å²) >= 11 is 0. The molecule has 0 amide bonds. The van der Waals surface area contributed by atoms with Gasteiger partial charge in [0.2, 0.25) is 5.92 Å². The lowest BCUT2D eigenvalue weighted by molar-refractivity contribution is -0.164. The van der Waals surface area contributed by atoms with E-state index in [1.807, 2.05) is 0 Å². The molecule has 0 heterocycles. The van der Waals surface area contributed by atoms with E-state index in [1.165, 1.54) is 32.8 Å². The van der Waals surface area contributed by atoms with Crippen molar-refractivity contribution in [3.05, 3.63) is 0 Å². The summed E-state index contributed by atoms with van der Waals surface area (Å²) in [5.74, 6) is 1.01. The molecule has 7 unspecified atom stereocenters. The van der Waals surface area contributed by atoms with E-state index in [0.717, 1.165) is 31.1 Å². The highest BCUT2D eigenvalue weighted by molar-refractivity contribution is 5.69. The Labute approximate surface area is 175 Å². The zero-order chi connectivity index (χ0) is 21.0. The SMILES string of the molecule is COC(=O)CC[C@@H](C)C1CCC2C3CCC4CC(F)(F)CCC4(C)C3CCC21C. The first kappa shape index (κ1) is 21.6. The van der Waals surface area contributed by atoms with E-state index >= 15 is 0 Å². The van der Waals surface area contributed by atoms with Crippen LogP contribution >= 0.6 is 0 Å². The Morgan fingerprint density at radius 1 is 1.00 bits per heavy atom. The fourth-order valence-electron chi connectivity index (χ4n) is 8.80. The highest BCUT2D eigenvalue weighted by atomic mass is 19.3. The second-order valence-corrected chi connectivity index (χ2v) is 11.5. The number of rotatable bonds is 4. The Morgan fingerprint density at radius 2 is 1.72 bits per heavy atom. The molecular formula is C25H40F2O2. The summed E-state index contributed by atoms with van der Waals surface area (Å²) in [6, 6.07) is 0. The number of carbonyl (C=O) groups excluding carboxylic acids is 1. The molecule has 8 atom stereocenters. The van der Waals surface area contributed by atoms with E-state index in [9.17, 15) is 13.6 Å². The predicted molar refractivity (Wildman–Crippen MR) is 111 cm³/mol. The van der Waals surface area contributed by atoms with Gasteiger partial charge in [0, 0.05) is 19.3 Å². The third kappa shape index (κ3) is 3.55. The molecule has 2 nitrogen and oxygen atoms in total. The number of hydrogen-bond donors (Lipinski definition) is 0. The Balaban J connectivity index is 1.49. The van der Waals surface area contributed by atoms with E-state index in [4.69, 9.17) is 4.74 Å². The first-order valence-electron chi connectivity index (χ1n) is 12.1. The summed E-state index contributed by atoms with van der Waals surface area (Å²) in [4.78, 5) is 11.6. The lowest BCUT2D eigenvalue weighted by atomic mass is 9.44. The van der Waals surface area contributed by atoms with Crippen LogP contribution in [0.15, 0.2) is 0 Å². The highest BCUT2D eigenvalue weighted by Crippen LogP contribution is 2.69. The van der Waals surface area contributed by atoms with Crippen molar-refractivity contribution in [1.82, 2.24) is 0 Å². The number of fused-ring (bicyclic) bond motifs is 5. The van der Waals surface area contributed by atoms with Gasteiger partial charge in [-0.1, -0.05) is 20.8 Å². The Hall–Kier alpha value is -0.670. The van der Waals surface area contributed by atoms with Crippen molar-refractivity contribution < 1.29 is 18.3 Å². The standard InChI is InChI=1S/C25H40F2O2/c1-16(5-10-22(28)29-4)19-8-9-20-18-7-6-17-15-25(26,27)14-13-23(17,2)21(18)11-12-24(19,20)3/h16-21H,5-15H2,1-4H3/t16-,17?,18?,19?,20?,21?,23?,24?/m1/s1. The average molecular weight is 411 g/mol. The molecule has 4 rings (SSSR count). The van der Waals surface area contributed by atoms with Crippen LogP contribution in [0, 0.1) is 46.3 Å². The maximum atomic E-state index is 14.1. The molecule has 0 aromatic carbocycles. The van der Waals surface area contributed by atoms with Crippen molar-refractivity contribution in [3.63, 3.8) is 0 Å². The molecule has 0 spiro atoms. The van der Waals surface area contributed by atoms with Gasteiger partial charge in [-0.2, -0.15) is 0 Å². The van der Waals surface area contributed by atoms with Crippen LogP contribution in [0.3, 0.4) is 0 Å². The smallest absolute Gasteiger partial charge is 0.305 e. The number of alkyl halides is 2. The van der Waals surface area contributed by atoms with E-state index < -0.39 is 5.92 Å². The minimum Gasteiger partial charge on any atom is -0.469 e. The van der Waals surface area contributed by atoms with Crippen molar-refractivity contribution in [2.75, 3.05) is 7.11 Å². The highest BCUT2D eigenvalue weighted by Gasteiger charge is 2.62. The molecular weight excluding hydrogens is 370 g/mol. The van der Waals surface area contributed by atoms with Crippen molar-refractivity contribution in [1.29, 1.82) is 0 Å². The molecule has 4 heteroatoms. The Bertz CT molecular complexity index is 634. The van der Waals surface area contributed by atoms with Crippen molar-refractivity contribution in [3.8, 4) is 0 Å². The normalized spacial score (nSPS) is 46.9. The van der Waals surface area contributed by atoms with Crippen molar-refractivity contribution in [2.24, 2.45) is 46.3 Å². The second kappa shape index (κ2) is 7.48. The molecule has 166 valence electrons. The lowest BCUT2D eigenvalue weighted by Crippen LogP contribution is -2.55. The van der Waals surface area contributed by atoms with Gasteiger partial charge in [0.25, 0.3) is 0 Å². The van der Waals surface area contributed by atoms with E-state index in [1.54, 1.807) is 0 Å². The molecule has 0 radical (unpaired) electrons. The van der Waals surface area contributed by atoms with Crippen LogP contribution in [0.2, 0.25) is 0 Å². The quantitative estimate of drug-likeness (QED) is 0.473. The number of hydrogen-bond acceptors (Lipinski definition) is 2. The molecule has 0 bridgehead atoms. The van der Waals surface area contributed by atoms with Gasteiger partial charge in [-0.3, -0.25) is 4.79 Å². The topological polar surface area (TPSA) is 26.3 Å². The number of halogens is 2. The van der Waals surface area contributed by atoms with Crippen LogP contribution in [-0.2, 0) is 9.53 Å². The van der Waals surface area contributed by atoms with Crippen molar-refractivity contribution >= 4 is 5.97 Å². The third-order valence-corrected chi connectivity index (χ3v) is 10.4. The Kier molecular flexibility index (Phi) is 5.56. The van der Waals surface area contributed by atoms with Crippen molar-refractivity contribution in [2.45, 2.75) is 97.3 Å². The summed E-state index contributed by atoms with van der Waals surface area (Å²) in [6.45, 7) is 7.20. The van der Waals surface area contributed by atoms with E-state index in [2.05, 4.69) is 20.8 Å². The summed E-state index contributed by atoms with van der Waals surface area (Å²) in [5, 5.41) is 0. The minimum atomic E-state index is -2.44. The summed E-state index contributed by atoms with van der Waals surface area (Å²) in [7, 11) is 1.47. The largest absolute Gasteiger partial charge is 0.469 e. The molecule has 0 aromatic heterocycles. The lowest BCUT2D eigenvalue weighted by Gasteiger charge is -2.61. The van der Waals surface area contributed by atoms with Gasteiger partial charge in [0.05, 0.1) is 7.11 Å². The maximum Gasteiger partial charge on any atom is 0.305 e. The fourth-order valence-corrected chi connectivity index (χ4v) is 8.80. The van der Waals surface area contributed by atoms with Crippen LogP contribution in [-0.4, -0.2) is 19.0 Å². The molecule has 4 fully saturated rings. The first-order valence-corrected chi connectivity index (χ1v) is 12.1. The van der Waals surface area contributed by atoms with Crippen LogP contribution in [0.1, 0.15) is 91.4 Å². The van der Waals surface area contributed by atoms with Crippen LogP contribution in [0.25, 0.3) is 0 Å².